The van der Waals surface area contributed by atoms with Crippen LogP contribution in [0.4, 0.5) is 5.69 Å². The number of aryl methyl sites for hydroxylation is 2. The summed E-state index contributed by atoms with van der Waals surface area (Å²) in [5.41, 5.74) is 2.66. The molecule has 2 aromatic rings. The third-order valence-corrected chi connectivity index (χ3v) is 5.68. The number of benzene rings is 2. The topological polar surface area (TPSA) is 75.7 Å². The molecule has 27 heavy (non-hydrogen) atoms. The molecule has 0 aromatic heterocycles. The molecule has 1 amide bonds. The molecule has 2 aromatic carbocycles. The monoisotopic (exact) mass is 388 g/mol. The first-order chi connectivity index (χ1) is 12.8. The highest BCUT2D eigenvalue weighted by molar-refractivity contribution is 7.89. The van der Waals surface area contributed by atoms with Gasteiger partial charge in [0, 0.05) is 12.2 Å². The summed E-state index contributed by atoms with van der Waals surface area (Å²) in [7, 11) is -2.34. The maximum absolute atomic E-state index is 12.9. The third kappa shape index (κ3) is 5.42. The number of sulfonamides is 1. The van der Waals surface area contributed by atoms with Crippen LogP contribution < -0.4 is 10.1 Å². The van der Waals surface area contributed by atoms with E-state index in [1.165, 1.54) is 25.3 Å². The van der Waals surface area contributed by atoms with Gasteiger partial charge in [0.05, 0.1) is 18.6 Å². The summed E-state index contributed by atoms with van der Waals surface area (Å²) < 4.78 is 31.9. The molecule has 0 fully saturated rings. The first-order valence-electron chi connectivity index (χ1n) is 8.39. The number of nitrogens with zero attached hydrogens (tertiary/aromatic N) is 1. The number of anilines is 1. The first-order valence-corrected chi connectivity index (χ1v) is 9.83. The lowest BCUT2D eigenvalue weighted by molar-refractivity contribution is -0.116. The number of carbonyl (C=O) groups is 1. The van der Waals surface area contributed by atoms with Crippen molar-refractivity contribution in [1.82, 2.24) is 4.31 Å². The van der Waals surface area contributed by atoms with Gasteiger partial charge in [0.2, 0.25) is 15.9 Å². The number of nitrogens with one attached hydrogen (secondary N) is 1. The summed E-state index contributed by atoms with van der Waals surface area (Å²) in [6, 6.07) is 11.7. The lowest BCUT2D eigenvalue weighted by Gasteiger charge is -2.20. The van der Waals surface area contributed by atoms with E-state index >= 15 is 0 Å². The van der Waals surface area contributed by atoms with Gasteiger partial charge in [-0.05, 0) is 61.4 Å². The zero-order valence-corrected chi connectivity index (χ0v) is 16.5. The van der Waals surface area contributed by atoms with Crippen molar-refractivity contribution in [2.75, 3.05) is 25.5 Å². The second kappa shape index (κ2) is 8.83. The van der Waals surface area contributed by atoms with Gasteiger partial charge >= 0.3 is 0 Å². The highest BCUT2D eigenvalue weighted by Crippen LogP contribution is 2.20. The fraction of sp³-hybridized carbons (Fsp3) is 0.250. The van der Waals surface area contributed by atoms with Crippen molar-refractivity contribution < 1.29 is 17.9 Å². The van der Waals surface area contributed by atoms with Gasteiger partial charge in [-0.2, -0.15) is 4.31 Å². The second-order valence-electron chi connectivity index (χ2n) is 6.19. The van der Waals surface area contributed by atoms with Crippen LogP contribution in [-0.4, -0.2) is 38.8 Å². The van der Waals surface area contributed by atoms with E-state index in [4.69, 9.17) is 4.74 Å². The average molecular weight is 388 g/mol. The van der Waals surface area contributed by atoms with Gasteiger partial charge in [0.1, 0.15) is 5.75 Å². The standard InChI is InChI=1S/C20H24N2O4S/c1-5-10-22(27(24,25)19-8-6-18(26-4)7-9-19)14-20(23)21-17-12-15(2)11-16(3)13-17/h5-9,11-13H,1,10,14H2,2-4H3,(H,21,23). The summed E-state index contributed by atoms with van der Waals surface area (Å²) in [6.07, 6.45) is 1.45. The summed E-state index contributed by atoms with van der Waals surface area (Å²) in [5.74, 6) is 0.135. The van der Waals surface area contributed by atoms with E-state index in [-0.39, 0.29) is 18.0 Å². The predicted octanol–water partition coefficient (Wildman–Crippen LogP) is 3.13. The number of carbonyl (C=O) groups excluding carboxylic acids is 1. The van der Waals surface area contributed by atoms with Crippen LogP contribution in [0.5, 0.6) is 5.75 Å². The van der Waals surface area contributed by atoms with E-state index in [0.29, 0.717) is 11.4 Å². The number of ether oxygens (including phenoxy) is 1. The molecule has 7 heteroatoms. The highest BCUT2D eigenvalue weighted by atomic mass is 32.2. The minimum Gasteiger partial charge on any atom is -0.497 e. The molecule has 0 saturated carbocycles. The molecule has 0 atom stereocenters. The Balaban J connectivity index is 2.19. The van der Waals surface area contributed by atoms with Crippen molar-refractivity contribution >= 4 is 21.6 Å². The van der Waals surface area contributed by atoms with Gasteiger partial charge in [-0.3, -0.25) is 4.79 Å². The molecule has 1 N–H and O–H groups in total. The maximum Gasteiger partial charge on any atom is 0.243 e. The van der Waals surface area contributed by atoms with Crippen LogP contribution in [0.1, 0.15) is 11.1 Å². The first kappa shape index (κ1) is 20.7. The molecule has 0 unspecified atom stereocenters. The summed E-state index contributed by atoms with van der Waals surface area (Å²) in [4.78, 5) is 12.5. The molecule has 0 aliphatic carbocycles. The van der Waals surface area contributed by atoms with Crippen LogP contribution in [0.3, 0.4) is 0 Å². The lowest BCUT2D eigenvalue weighted by Crippen LogP contribution is -2.38. The molecule has 6 nitrogen and oxygen atoms in total. The van der Waals surface area contributed by atoms with Crippen LogP contribution in [0, 0.1) is 13.8 Å². The predicted molar refractivity (Wildman–Crippen MR) is 106 cm³/mol. The zero-order valence-electron chi connectivity index (χ0n) is 15.7. The SMILES string of the molecule is C=CCN(CC(=O)Nc1cc(C)cc(C)c1)S(=O)(=O)c1ccc(OC)cc1. The average Bonchev–Trinajstić information content (AvgIpc) is 2.60. The molecule has 0 aliphatic rings. The second-order valence-corrected chi connectivity index (χ2v) is 8.12. The number of methoxy groups -OCH3 is 1. The molecule has 0 bridgehead atoms. The van der Waals surface area contributed by atoms with Crippen LogP contribution in [0.15, 0.2) is 60.0 Å². The van der Waals surface area contributed by atoms with Crippen LogP contribution in [-0.2, 0) is 14.8 Å². The van der Waals surface area contributed by atoms with Crippen molar-refractivity contribution in [1.29, 1.82) is 0 Å². The van der Waals surface area contributed by atoms with Crippen molar-refractivity contribution in [3.05, 3.63) is 66.2 Å². The van der Waals surface area contributed by atoms with E-state index in [2.05, 4.69) is 11.9 Å². The van der Waals surface area contributed by atoms with Crippen molar-refractivity contribution in [3.8, 4) is 5.75 Å². The van der Waals surface area contributed by atoms with Gasteiger partial charge in [-0.1, -0.05) is 12.1 Å². The van der Waals surface area contributed by atoms with E-state index < -0.39 is 15.9 Å². The van der Waals surface area contributed by atoms with E-state index in [1.807, 2.05) is 32.0 Å². The summed E-state index contributed by atoms with van der Waals surface area (Å²) in [5, 5.41) is 2.75. The Morgan fingerprint density at radius 2 is 1.74 bits per heavy atom. The van der Waals surface area contributed by atoms with Crippen molar-refractivity contribution in [2.45, 2.75) is 18.7 Å². The summed E-state index contributed by atoms with van der Waals surface area (Å²) in [6.45, 7) is 7.16. The van der Waals surface area contributed by atoms with Crippen molar-refractivity contribution in [3.63, 3.8) is 0 Å². The Kier molecular flexibility index (Phi) is 6.76. The minimum atomic E-state index is -3.85. The van der Waals surface area contributed by atoms with Crippen LogP contribution in [0.25, 0.3) is 0 Å². The largest absolute Gasteiger partial charge is 0.497 e. The fourth-order valence-corrected chi connectivity index (χ4v) is 4.06. The van der Waals surface area contributed by atoms with E-state index in [1.54, 1.807) is 12.1 Å². The van der Waals surface area contributed by atoms with Gasteiger partial charge in [0.15, 0.2) is 0 Å². The van der Waals surface area contributed by atoms with E-state index in [0.717, 1.165) is 15.4 Å². The maximum atomic E-state index is 12.9. The smallest absolute Gasteiger partial charge is 0.243 e. The Hall–Kier alpha value is -2.64. The quantitative estimate of drug-likeness (QED) is 0.705. The minimum absolute atomic E-state index is 0.0224. The Labute approximate surface area is 160 Å². The Morgan fingerprint density at radius 3 is 2.26 bits per heavy atom. The van der Waals surface area contributed by atoms with Gasteiger partial charge in [0.25, 0.3) is 0 Å². The van der Waals surface area contributed by atoms with Gasteiger partial charge < -0.3 is 10.1 Å². The molecular formula is C20H24N2O4S. The van der Waals surface area contributed by atoms with Crippen LogP contribution >= 0.6 is 0 Å². The highest BCUT2D eigenvalue weighted by Gasteiger charge is 2.25. The summed E-state index contributed by atoms with van der Waals surface area (Å²) >= 11 is 0. The van der Waals surface area contributed by atoms with E-state index in [9.17, 15) is 13.2 Å². The molecule has 0 spiro atoms. The zero-order chi connectivity index (χ0) is 20.0. The van der Waals surface area contributed by atoms with Crippen molar-refractivity contribution in [2.24, 2.45) is 0 Å². The number of amides is 1. The molecule has 0 radical (unpaired) electrons. The Morgan fingerprint density at radius 1 is 1.15 bits per heavy atom. The number of hydrogen-bond acceptors (Lipinski definition) is 4. The molecular weight excluding hydrogens is 364 g/mol. The Bertz CT molecular complexity index is 901. The molecule has 0 saturated heterocycles. The van der Waals surface area contributed by atoms with Gasteiger partial charge in [-0.25, -0.2) is 8.42 Å². The number of hydrogen-bond donors (Lipinski definition) is 1. The lowest BCUT2D eigenvalue weighted by atomic mass is 10.1. The molecule has 0 heterocycles. The number of rotatable bonds is 8. The van der Waals surface area contributed by atoms with Crippen LogP contribution in [0.2, 0.25) is 0 Å². The molecule has 2 rings (SSSR count). The van der Waals surface area contributed by atoms with Gasteiger partial charge in [-0.15, -0.1) is 6.58 Å². The third-order valence-electron chi connectivity index (χ3n) is 3.86. The molecule has 144 valence electrons. The normalized spacial score (nSPS) is 11.3. The fourth-order valence-electron chi connectivity index (χ4n) is 2.70. The molecule has 0 aliphatic heterocycles.